The third-order valence-electron chi connectivity index (χ3n) is 4.54. The first-order valence-corrected chi connectivity index (χ1v) is 10.3. The van der Waals surface area contributed by atoms with Crippen LogP contribution in [0.4, 0.5) is 5.69 Å². The number of non-ortho nitro benzene ring substituents is 1. The van der Waals surface area contributed by atoms with Gasteiger partial charge in [0.2, 0.25) is 0 Å². The predicted octanol–water partition coefficient (Wildman–Crippen LogP) is 5.33. The molecular formula is C22H22ClN3O6. The van der Waals surface area contributed by atoms with E-state index in [0.717, 1.165) is 6.42 Å². The Morgan fingerprint density at radius 2 is 2.09 bits per heavy atom. The van der Waals surface area contributed by atoms with E-state index in [0.29, 0.717) is 39.7 Å². The fourth-order valence-corrected chi connectivity index (χ4v) is 3.06. The molecule has 0 bridgehead atoms. The summed E-state index contributed by atoms with van der Waals surface area (Å²) in [6, 6.07) is 8.85. The predicted molar refractivity (Wildman–Crippen MR) is 121 cm³/mol. The lowest BCUT2D eigenvalue weighted by atomic mass is 10.2. The highest BCUT2D eigenvalue weighted by molar-refractivity contribution is 6.32. The molecule has 0 saturated carbocycles. The quantitative estimate of drug-likeness (QED) is 0.262. The minimum Gasteiger partial charge on any atom is -0.490 e. The van der Waals surface area contributed by atoms with Gasteiger partial charge in [-0.15, -0.1) is 0 Å². The summed E-state index contributed by atoms with van der Waals surface area (Å²) in [4.78, 5) is 22.7. The van der Waals surface area contributed by atoms with E-state index in [2.05, 4.69) is 10.5 Å². The van der Waals surface area contributed by atoms with E-state index in [1.54, 1.807) is 12.1 Å². The van der Waals surface area contributed by atoms with E-state index in [-0.39, 0.29) is 17.6 Å². The molecule has 3 aromatic rings. The van der Waals surface area contributed by atoms with Crippen LogP contribution >= 0.6 is 11.6 Å². The molecule has 1 heterocycles. The monoisotopic (exact) mass is 459 g/mol. The number of amides is 1. The van der Waals surface area contributed by atoms with Crippen LogP contribution in [0.15, 0.2) is 45.9 Å². The van der Waals surface area contributed by atoms with E-state index in [1.807, 2.05) is 20.8 Å². The average Bonchev–Trinajstić information content (AvgIpc) is 3.19. The van der Waals surface area contributed by atoms with Gasteiger partial charge in [0.25, 0.3) is 5.69 Å². The van der Waals surface area contributed by atoms with Crippen LogP contribution in [0.25, 0.3) is 11.0 Å². The lowest BCUT2D eigenvalue weighted by molar-refractivity contribution is -0.384. The van der Waals surface area contributed by atoms with Crippen molar-refractivity contribution in [2.24, 2.45) is 5.10 Å². The number of fused-ring (bicyclic) bond motifs is 1. The van der Waals surface area contributed by atoms with Crippen molar-refractivity contribution in [1.29, 1.82) is 0 Å². The molecule has 3 rings (SSSR count). The van der Waals surface area contributed by atoms with Crippen molar-refractivity contribution >= 4 is 40.4 Å². The largest absolute Gasteiger partial charge is 0.490 e. The Morgan fingerprint density at radius 1 is 1.31 bits per heavy atom. The smallest absolute Gasteiger partial charge is 0.307 e. The van der Waals surface area contributed by atoms with Gasteiger partial charge in [-0.1, -0.05) is 18.5 Å². The lowest BCUT2D eigenvalue weighted by Gasteiger charge is -2.18. The zero-order valence-corrected chi connectivity index (χ0v) is 18.5. The Hall–Kier alpha value is -3.59. The average molecular weight is 460 g/mol. The molecule has 1 aromatic heterocycles. The zero-order chi connectivity index (χ0) is 23.3. The molecule has 32 heavy (non-hydrogen) atoms. The summed E-state index contributed by atoms with van der Waals surface area (Å²) < 4.78 is 16.9. The summed E-state index contributed by atoms with van der Waals surface area (Å²) in [5, 5.41) is 15.6. The van der Waals surface area contributed by atoms with Crippen LogP contribution in [0.3, 0.4) is 0 Å². The summed E-state index contributed by atoms with van der Waals surface area (Å²) >= 11 is 6.37. The summed E-state index contributed by atoms with van der Waals surface area (Å²) in [6.07, 6.45) is 2.19. The number of halogens is 1. The highest BCUT2D eigenvalue weighted by atomic mass is 35.5. The van der Waals surface area contributed by atoms with Crippen molar-refractivity contribution in [1.82, 2.24) is 5.43 Å². The van der Waals surface area contributed by atoms with Gasteiger partial charge in [-0.05, 0) is 50.1 Å². The van der Waals surface area contributed by atoms with Crippen LogP contribution in [-0.2, 0) is 0 Å². The van der Waals surface area contributed by atoms with E-state index in [4.69, 9.17) is 25.5 Å². The van der Waals surface area contributed by atoms with Gasteiger partial charge in [0.05, 0.1) is 28.9 Å². The number of hydrogen-bond acceptors (Lipinski definition) is 7. The van der Waals surface area contributed by atoms with Gasteiger partial charge in [-0.2, -0.15) is 5.10 Å². The summed E-state index contributed by atoms with van der Waals surface area (Å²) in [5.41, 5.74) is 3.22. The van der Waals surface area contributed by atoms with Crippen LogP contribution in [0.5, 0.6) is 11.5 Å². The minimum atomic E-state index is -0.604. The number of nitro benzene ring substituents is 1. The topological polar surface area (TPSA) is 116 Å². The number of benzene rings is 2. The van der Waals surface area contributed by atoms with Gasteiger partial charge >= 0.3 is 5.91 Å². The number of carbonyl (C=O) groups is 1. The van der Waals surface area contributed by atoms with Crippen molar-refractivity contribution in [3.05, 3.63) is 62.9 Å². The van der Waals surface area contributed by atoms with Crippen LogP contribution in [-0.4, -0.2) is 29.8 Å². The van der Waals surface area contributed by atoms with Crippen LogP contribution < -0.4 is 14.9 Å². The fourth-order valence-electron chi connectivity index (χ4n) is 2.80. The number of nitrogens with one attached hydrogen (secondary N) is 1. The fraction of sp³-hybridized carbons (Fsp3) is 0.273. The number of carbonyl (C=O) groups excluding carboxylic acids is 1. The van der Waals surface area contributed by atoms with E-state index in [1.165, 1.54) is 30.5 Å². The second-order valence-corrected chi connectivity index (χ2v) is 7.30. The van der Waals surface area contributed by atoms with E-state index < -0.39 is 10.8 Å². The second-order valence-electron chi connectivity index (χ2n) is 6.89. The van der Waals surface area contributed by atoms with Gasteiger partial charge in [0.1, 0.15) is 5.58 Å². The van der Waals surface area contributed by atoms with Crippen LogP contribution in [0.2, 0.25) is 5.02 Å². The van der Waals surface area contributed by atoms with Gasteiger partial charge < -0.3 is 13.9 Å². The normalized spacial score (nSPS) is 12.1. The maximum atomic E-state index is 12.3. The van der Waals surface area contributed by atoms with Crippen molar-refractivity contribution in [2.75, 3.05) is 6.61 Å². The molecular weight excluding hydrogens is 438 g/mol. The molecule has 0 aliphatic rings. The summed E-state index contributed by atoms with van der Waals surface area (Å²) in [6.45, 7) is 6.22. The first kappa shape index (κ1) is 23.1. The first-order valence-electron chi connectivity index (χ1n) is 9.96. The number of nitro groups is 1. The minimum absolute atomic E-state index is 0.0250. The molecule has 0 radical (unpaired) electrons. The van der Waals surface area contributed by atoms with Gasteiger partial charge in [-0.25, -0.2) is 5.43 Å². The maximum Gasteiger partial charge on any atom is 0.307 e. The third kappa shape index (κ3) is 5.36. The number of nitrogens with zero attached hydrogens (tertiary/aromatic N) is 2. The highest BCUT2D eigenvalue weighted by Gasteiger charge is 2.16. The molecule has 0 aliphatic heterocycles. The maximum absolute atomic E-state index is 12.3. The van der Waals surface area contributed by atoms with Crippen molar-refractivity contribution in [2.45, 2.75) is 33.3 Å². The second kappa shape index (κ2) is 10.1. The summed E-state index contributed by atoms with van der Waals surface area (Å²) in [7, 11) is 0. The molecule has 0 saturated heterocycles. The van der Waals surface area contributed by atoms with Gasteiger partial charge in [-0.3, -0.25) is 14.9 Å². The van der Waals surface area contributed by atoms with Crippen molar-refractivity contribution < 1.29 is 23.6 Å². The number of furan rings is 1. The van der Waals surface area contributed by atoms with Crippen LogP contribution in [0, 0.1) is 10.1 Å². The standard InChI is InChI=1S/C22H22ClN3O6/c1-4-13(3)31-21-17(23)8-14(9-19(21)30-5-2)12-24-25-22(27)20-11-15-10-16(26(28)29)6-7-18(15)32-20/h6-13H,4-5H2,1-3H3,(H,25,27)/b24-12-/t13-/m1/s1. The molecule has 0 spiro atoms. The van der Waals surface area contributed by atoms with E-state index >= 15 is 0 Å². The van der Waals surface area contributed by atoms with Crippen LogP contribution in [0.1, 0.15) is 43.3 Å². The highest BCUT2D eigenvalue weighted by Crippen LogP contribution is 2.37. The number of hydrazone groups is 1. The first-order chi connectivity index (χ1) is 15.3. The number of ether oxygens (including phenoxy) is 2. The molecule has 2 aromatic carbocycles. The summed E-state index contributed by atoms with van der Waals surface area (Å²) in [5.74, 6) is 0.309. The number of hydrogen-bond donors (Lipinski definition) is 1. The molecule has 10 heteroatoms. The van der Waals surface area contributed by atoms with E-state index in [9.17, 15) is 14.9 Å². The lowest BCUT2D eigenvalue weighted by Crippen LogP contribution is -2.16. The molecule has 1 N–H and O–H groups in total. The Kier molecular flexibility index (Phi) is 7.32. The third-order valence-corrected chi connectivity index (χ3v) is 4.82. The van der Waals surface area contributed by atoms with Gasteiger partial charge in [0, 0.05) is 17.5 Å². The Balaban J connectivity index is 1.75. The Morgan fingerprint density at radius 3 is 2.78 bits per heavy atom. The zero-order valence-electron chi connectivity index (χ0n) is 17.8. The SMILES string of the molecule is CCOc1cc(/C=N\NC(=O)c2cc3cc([N+](=O)[O-])ccc3o2)cc(Cl)c1O[C@H](C)CC. The molecule has 1 atom stereocenters. The molecule has 0 aliphatic carbocycles. The number of rotatable bonds is 9. The molecule has 0 fully saturated rings. The molecule has 9 nitrogen and oxygen atoms in total. The molecule has 168 valence electrons. The molecule has 1 amide bonds. The Bertz CT molecular complexity index is 1170. The van der Waals surface area contributed by atoms with Crippen molar-refractivity contribution in [3.63, 3.8) is 0 Å². The van der Waals surface area contributed by atoms with Gasteiger partial charge in [0.15, 0.2) is 17.3 Å². The Labute approximate surface area is 189 Å². The molecule has 0 unspecified atom stereocenters. The van der Waals surface area contributed by atoms with Crippen molar-refractivity contribution in [3.8, 4) is 11.5 Å².